The van der Waals surface area contributed by atoms with E-state index in [-0.39, 0.29) is 12.7 Å². The molecule has 3 aromatic rings. The van der Waals surface area contributed by atoms with Crippen molar-refractivity contribution in [1.29, 1.82) is 0 Å². The Kier molecular flexibility index (Phi) is 6.10. The van der Waals surface area contributed by atoms with Gasteiger partial charge in [-0.15, -0.1) is 0 Å². The SMILES string of the molecule is CN1CCNc2nc(CCCc3noc(CC(CC=O)c4ccc5c(c4)OCO5)n3)ccc21. The van der Waals surface area contributed by atoms with Crippen LogP contribution in [-0.2, 0) is 24.1 Å². The number of fused-ring (bicyclic) bond motifs is 2. The average Bonchev–Trinajstić information content (AvgIpc) is 3.48. The number of hydrogen-bond acceptors (Lipinski definition) is 9. The summed E-state index contributed by atoms with van der Waals surface area (Å²) in [4.78, 5) is 22.8. The minimum atomic E-state index is -0.0596. The van der Waals surface area contributed by atoms with E-state index in [1.807, 2.05) is 18.2 Å². The molecule has 1 N–H and O–H groups in total. The first-order valence-electron chi connectivity index (χ1n) is 11.3. The van der Waals surface area contributed by atoms with Crippen LogP contribution in [0.25, 0.3) is 0 Å². The lowest BCUT2D eigenvalue weighted by molar-refractivity contribution is -0.108. The van der Waals surface area contributed by atoms with Crippen molar-refractivity contribution in [2.24, 2.45) is 0 Å². The summed E-state index contributed by atoms with van der Waals surface area (Å²) in [5, 5.41) is 7.50. The van der Waals surface area contributed by atoms with Crippen molar-refractivity contribution in [3.05, 3.63) is 53.3 Å². The average molecular weight is 450 g/mol. The molecule has 0 saturated carbocycles. The number of benzene rings is 1. The van der Waals surface area contributed by atoms with E-state index in [0.29, 0.717) is 36.7 Å². The molecular formula is C24H27N5O4. The number of aryl methyl sites for hydroxylation is 2. The van der Waals surface area contributed by atoms with Gasteiger partial charge in [-0.25, -0.2) is 4.98 Å². The molecule has 33 heavy (non-hydrogen) atoms. The number of hydrogen-bond donors (Lipinski definition) is 1. The summed E-state index contributed by atoms with van der Waals surface area (Å²) >= 11 is 0. The Labute approximate surface area is 192 Å². The van der Waals surface area contributed by atoms with Gasteiger partial charge >= 0.3 is 0 Å². The van der Waals surface area contributed by atoms with Crippen LogP contribution in [0.2, 0.25) is 0 Å². The fourth-order valence-corrected chi connectivity index (χ4v) is 4.27. The van der Waals surface area contributed by atoms with Crippen molar-refractivity contribution in [3.63, 3.8) is 0 Å². The predicted molar refractivity (Wildman–Crippen MR) is 122 cm³/mol. The molecule has 0 radical (unpaired) electrons. The fraction of sp³-hybridized carbons (Fsp3) is 0.417. The van der Waals surface area contributed by atoms with Crippen molar-refractivity contribution in [1.82, 2.24) is 15.1 Å². The molecular weight excluding hydrogens is 422 g/mol. The summed E-state index contributed by atoms with van der Waals surface area (Å²) in [6, 6.07) is 9.96. The second-order valence-electron chi connectivity index (χ2n) is 8.39. The summed E-state index contributed by atoms with van der Waals surface area (Å²) < 4.78 is 16.3. The largest absolute Gasteiger partial charge is 0.454 e. The van der Waals surface area contributed by atoms with E-state index >= 15 is 0 Å². The number of likely N-dealkylation sites (N-methyl/N-ethyl adjacent to an activating group) is 1. The van der Waals surface area contributed by atoms with Gasteiger partial charge in [-0.3, -0.25) is 0 Å². The molecule has 4 heterocycles. The standard InChI is InChI=1S/C24H27N5O4/c1-29-11-10-25-24-19(29)7-6-18(26-24)3-2-4-22-27-23(33-28-22)14-17(9-12-30)16-5-8-20-21(13-16)32-15-31-20/h5-8,12-13,17H,2-4,9-11,14-15H2,1H3,(H,25,26). The fourth-order valence-electron chi connectivity index (χ4n) is 4.27. The lowest BCUT2D eigenvalue weighted by atomic mass is 9.92. The highest BCUT2D eigenvalue weighted by Crippen LogP contribution is 2.36. The number of aromatic nitrogens is 3. The van der Waals surface area contributed by atoms with E-state index in [0.717, 1.165) is 60.7 Å². The molecule has 2 aliphatic rings. The maximum Gasteiger partial charge on any atom is 0.231 e. The first kappa shape index (κ1) is 21.2. The number of carbonyl (C=O) groups is 1. The molecule has 0 saturated heterocycles. The van der Waals surface area contributed by atoms with Crippen molar-refractivity contribution < 1.29 is 18.8 Å². The smallest absolute Gasteiger partial charge is 0.231 e. The topological polar surface area (TPSA) is 103 Å². The quantitative estimate of drug-likeness (QED) is 0.494. The van der Waals surface area contributed by atoms with Gasteiger partial charge in [0.1, 0.15) is 12.1 Å². The summed E-state index contributed by atoms with van der Waals surface area (Å²) in [6.07, 6.45) is 4.21. The minimum absolute atomic E-state index is 0.0596. The summed E-state index contributed by atoms with van der Waals surface area (Å²) in [5.41, 5.74) is 3.18. The Morgan fingerprint density at radius 1 is 1.15 bits per heavy atom. The van der Waals surface area contributed by atoms with Crippen LogP contribution in [0, 0.1) is 0 Å². The van der Waals surface area contributed by atoms with Crippen LogP contribution >= 0.6 is 0 Å². The molecule has 172 valence electrons. The van der Waals surface area contributed by atoms with E-state index in [1.165, 1.54) is 0 Å². The molecule has 0 bridgehead atoms. The van der Waals surface area contributed by atoms with Crippen LogP contribution in [-0.4, -0.2) is 48.3 Å². The third kappa shape index (κ3) is 4.76. The van der Waals surface area contributed by atoms with Gasteiger partial charge in [-0.05, 0) is 48.6 Å². The number of anilines is 2. The summed E-state index contributed by atoms with van der Waals surface area (Å²) in [5.74, 6) is 3.53. The van der Waals surface area contributed by atoms with Gasteiger partial charge in [0.15, 0.2) is 17.3 Å². The number of pyridine rings is 1. The monoisotopic (exact) mass is 449 g/mol. The first-order valence-corrected chi connectivity index (χ1v) is 11.3. The molecule has 1 atom stereocenters. The van der Waals surface area contributed by atoms with E-state index in [2.05, 4.69) is 39.5 Å². The van der Waals surface area contributed by atoms with E-state index < -0.39 is 0 Å². The molecule has 0 aliphatic carbocycles. The highest BCUT2D eigenvalue weighted by atomic mass is 16.7. The molecule has 1 aromatic carbocycles. The second-order valence-corrected chi connectivity index (χ2v) is 8.39. The summed E-state index contributed by atoms with van der Waals surface area (Å²) in [6.45, 7) is 2.11. The van der Waals surface area contributed by atoms with E-state index in [9.17, 15) is 4.79 Å². The number of aldehydes is 1. The first-order chi connectivity index (χ1) is 16.2. The molecule has 0 fully saturated rings. The van der Waals surface area contributed by atoms with Gasteiger partial charge in [0.05, 0.1) is 5.69 Å². The van der Waals surface area contributed by atoms with E-state index in [4.69, 9.17) is 19.0 Å². The highest BCUT2D eigenvalue weighted by Gasteiger charge is 2.21. The van der Waals surface area contributed by atoms with Gasteiger partial charge < -0.3 is 29.0 Å². The van der Waals surface area contributed by atoms with Gasteiger partial charge in [0.2, 0.25) is 12.7 Å². The predicted octanol–water partition coefficient (Wildman–Crippen LogP) is 3.15. The zero-order valence-electron chi connectivity index (χ0n) is 18.6. The second kappa shape index (κ2) is 9.48. The maximum atomic E-state index is 11.3. The van der Waals surface area contributed by atoms with Crippen molar-refractivity contribution in [2.45, 2.75) is 38.0 Å². The molecule has 1 unspecified atom stereocenters. The van der Waals surface area contributed by atoms with Crippen molar-refractivity contribution in [2.75, 3.05) is 37.1 Å². The number of ether oxygens (including phenoxy) is 2. The third-order valence-electron chi connectivity index (χ3n) is 6.10. The molecule has 9 nitrogen and oxygen atoms in total. The van der Waals surface area contributed by atoms with Crippen LogP contribution in [0.5, 0.6) is 11.5 Å². The highest BCUT2D eigenvalue weighted by molar-refractivity contribution is 5.67. The number of carbonyl (C=O) groups excluding carboxylic acids is 1. The van der Waals surface area contributed by atoms with Crippen LogP contribution < -0.4 is 19.7 Å². The van der Waals surface area contributed by atoms with Crippen LogP contribution in [0.4, 0.5) is 11.5 Å². The number of rotatable bonds is 9. The zero-order chi connectivity index (χ0) is 22.6. The molecule has 0 spiro atoms. The van der Waals surface area contributed by atoms with Crippen molar-refractivity contribution >= 4 is 17.8 Å². The van der Waals surface area contributed by atoms with Crippen LogP contribution in [0.1, 0.15) is 41.7 Å². The van der Waals surface area contributed by atoms with Crippen LogP contribution in [0.3, 0.4) is 0 Å². The van der Waals surface area contributed by atoms with Gasteiger partial charge in [-0.1, -0.05) is 11.2 Å². The van der Waals surface area contributed by atoms with Crippen LogP contribution in [0.15, 0.2) is 34.9 Å². The number of nitrogens with zero attached hydrogens (tertiary/aromatic N) is 4. The van der Waals surface area contributed by atoms with E-state index in [1.54, 1.807) is 0 Å². The van der Waals surface area contributed by atoms with Crippen molar-refractivity contribution in [3.8, 4) is 11.5 Å². The van der Waals surface area contributed by atoms with Gasteiger partial charge in [-0.2, -0.15) is 4.98 Å². The lowest BCUT2D eigenvalue weighted by Crippen LogP contribution is -2.31. The Bertz CT molecular complexity index is 1130. The normalized spacial score (nSPS) is 15.1. The molecule has 2 aliphatic heterocycles. The maximum absolute atomic E-state index is 11.3. The van der Waals surface area contributed by atoms with Gasteiger partial charge in [0, 0.05) is 45.1 Å². The Hall–Kier alpha value is -3.62. The Morgan fingerprint density at radius 3 is 2.97 bits per heavy atom. The number of nitrogens with one attached hydrogen (secondary N) is 1. The lowest BCUT2D eigenvalue weighted by Gasteiger charge is -2.27. The molecule has 9 heteroatoms. The third-order valence-corrected chi connectivity index (χ3v) is 6.10. The molecule has 5 rings (SSSR count). The van der Waals surface area contributed by atoms with Gasteiger partial charge in [0.25, 0.3) is 0 Å². The molecule has 2 aromatic heterocycles. The Morgan fingerprint density at radius 2 is 2.06 bits per heavy atom. The Balaban J connectivity index is 1.18. The minimum Gasteiger partial charge on any atom is -0.454 e. The zero-order valence-corrected chi connectivity index (χ0v) is 18.6. The summed E-state index contributed by atoms with van der Waals surface area (Å²) in [7, 11) is 2.08. The molecule has 0 amide bonds.